The summed E-state index contributed by atoms with van der Waals surface area (Å²) < 4.78 is 5.73. The molecule has 0 aliphatic heterocycles. The average Bonchev–Trinajstić information content (AvgIpc) is 2.56. The molecule has 0 saturated heterocycles. The first kappa shape index (κ1) is 18.0. The van der Waals surface area contributed by atoms with Crippen molar-refractivity contribution in [1.82, 2.24) is 5.32 Å². The number of amides is 1. The fraction of sp³-hybridized carbons (Fsp3) is 0.350. The van der Waals surface area contributed by atoms with E-state index >= 15 is 0 Å². The van der Waals surface area contributed by atoms with Gasteiger partial charge in [-0.1, -0.05) is 31.2 Å². The highest BCUT2D eigenvalue weighted by molar-refractivity contribution is 5.90. The lowest BCUT2D eigenvalue weighted by Gasteiger charge is -2.11. The van der Waals surface area contributed by atoms with E-state index in [1.807, 2.05) is 50.2 Å². The van der Waals surface area contributed by atoms with Gasteiger partial charge in [-0.25, -0.2) is 0 Å². The fourth-order valence-electron chi connectivity index (χ4n) is 2.37. The molecule has 0 radical (unpaired) electrons. The van der Waals surface area contributed by atoms with Gasteiger partial charge in [0.1, 0.15) is 5.75 Å². The molecule has 2 N–H and O–H groups in total. The molecular formula is C20H26N2O2. The van der Waals surface area contributed by atoms with Crippen molar-refractivity contribution >= 4 is 11.6 Å². The number of benzene rings is 2. The van der Waals surface area contributed by atoms with Crippen LogP contribution in [0.15, 0.2) is 42.5 Å². The summed E-state index contributed by atoms with van der Waals surface area (Å²) in [4.78, 5) is 12.1. The summed E-state index contributed by atoms with van der Waals surface area (Å²) in [5.74, 6) is 0.802. The molecule has 24 heavy (non-hydrogen) atoms. The Bertz CT molecular complexity index is 683. The van der Waals surface area contributed by atoms with Crippen molar-refractivity contribution in [1.29, 1.82) is 0 Å². The summed E-state index contributed by atoms with van der Waals surface area (Å²) in [6.07, 6.45) is 0.324. The van der Waals surface area contributed by atoms with Crippen LogP contribution < -0.4 is 15.4 Å². The number of rotatable bonds is 8. The van der Waals surface area contributed by atoms with Gasteiger partial charge in [0, 0.05) is 12.2 Å². The normalized spacial score (nSPS) is 10.5. The van der Waals surface area contributed by atoms with Gasteiger partial charge in [0.15, 0.2) is 0 Å². The zero-order valence-electron chi connectivity index (χ0n) is 14.7. The summed E-state index contributed by atoms with van der Waals surface area (Å²) in [5, 5.41) is 6.20. The summed E-state index contributed by atoms with van der Waals surface area (Å²) in [6.45, 7) is 8.20. The largest absolute Gasteiger partial charge is 0.493 e. The van der Waals surface area contributed by atoms with E-state index < -0.39 is 0 Å². The highest BCUT2D eigenvalue weighted by atomic mass is 16.5. The van der Waals surface area contributed by atoms with Crippen LogP contribution in [0.5, 0.6) is 5.75 Å². The maximum absolute atomic E-state index is 12.1. The summed E-state index contributed by atoms with van der Waals surface area (Å²) in [7, 11) is 0. The Hall–Kier alpha value is -2.33. The second-order valence-corrected chi connectivity index (χ2v) is 5.90. The molecule has 2 rings (SSSR count). The number of anilines is 1. The number of nitrogens with one attached hydrogen (secondary N) is 2. The quantitative estimate of drug-likeness (QED) is 0.775. The van der Waals surface area contributed by atoms with Crippen molar-refractivity contribution in [2.24, 2.45) is 0 Å². The molecule has 0 aromatic heterocycles. The Balaban J connectivity index is 1.82. The Labute approximate surface area is 144 Å². The van der Waals surface area contributed by atoms with E-state index in [1.54, 1.807) is 0 Å². The zero-order chi connectivity index (χ0) is 17.4. The Morgan fingerprint density at radius 2 is 1.96 bits per heavy atom. The molecule has 1 amide bonds. The minimum atomic E-state index is -0.0408. The van der Waals surface area contributed by atoms with Crippen molar-refractivity contribution in [3.8, 4) is 5.75 Å². The Morgan fingerprint density at radius 3 is 2.75 bits per heavy atom. The van der Waals surface area contributed by atoms with Crippen LogP contribution in [0.25, 0.3) is 0 Å². The number of ether oxygens (including phenoxy) is 1. The van der Waals surface area contributed by atoms with Crippen LogP contribution >= 0.6 is 0 Å². The highest BCUT2D eigenvalue weighted by Crippen LogP contribution is 2.19. The molecule has 0 aliphatic carbocycles. The topological polar surface area (TPSA) is 50.4 Å². The maximum atomic E-state index is 12.1. The Morgan fingerprint density at radius 1 is 1.12 bits per heavy atom. The summed E-state index contributed by atoms with van der Waals surface area (Å²) >= 11 is 0. The van der Waals surface area contributed by atoms with Gasteiger partial charge in [-0.05, 0) is 55.3 Å². The molecule has 2 aromatic carbocycles. The van der Waals surface area contributed by atoms with Gasteiger partial charge in [-0.15, -0.1) is 0 Å². The van der Waals surface area contributed by atoms with Crippen LogP contribution in [0.2, 0.25) is 0 Å². The van der Waals surface area contributed by atoms with E-state index in [0.29, 0.717) is 13.0 Å². The molecule has 2 aromatic rings. The van der Waals surface area contributed by atoms with Crippen LogP contribution in [0.1, 0.15) is 30.0 Å². The van der Waals surface area contributed by atoms with Crippen LogP contribution in [0.4, 0.5) is 5.69 Å². The molecule has 0 saturated carbocycles. The van der Waals surface area contributed by atoms with Crippen LogP contribution in [-0.4, -0.2) is 19.1 Å². The molecular weight excluding hydrogens is 300 g/mol. The molecule has 0 atom stereocenters. The van der Waals surface area contributed by atoms with Gasteiger partial charge in [-0.3, -0.25) is 4.79 Å². The minimum absolute atomic E-state index is 0.0408. The smallest absolute Gasteiger partial charge is 0.227 e. The van der Waals surface area contributed by atoms with Crippen molar-refractivity contribution in [2.45, 2.75) is 33.7 Å². The first-order valence-electron chi connectivity index (χ1n) is 8.38. The summed E-state index contributed by atoms with van der Waals surface area (Å²) in [6, 6.07) is 14.0. The van der Waals surface area contributed by atoms with Crippen molar-refractivity contribution in [2.75, 3.05) is 18.5 Å². The van der Waals surface area contributed by atoms with Crippen LogP contribution in [0.3, 0.4) is 0 Å². The third-order valence-corrected chi connectivity index (χ3v) is 3.72. The molecule has 0 spiro atoms. The molecule has 0 aliphatic rings. The van der Waals surface area contributed by atoms with Crippen molar-refractivity contribution in [3.05, 3.63) is 59.2 Å². The SMILES string of the molecule is CCNCc1cccc(NC(=O)CCOc2cc(C)ccc2C)c1. The first-order chi connectivity index (χ1) is 11.6. The summed E-state index contributed by atoms with van der Waals surface area (Å²) in [5.41, 5.74) is 4.21. The molecule has 128 valence electrons. The standard InChI is InChI=1S/C20H26N2O2/c1-4-21-14-17-6-5-7-18(13-17)22-20(23)10-11-24-19-12-15(2)8-9-16(19)3/h5-9,12-13,21H,4,10-11,14H2,1-3H3,(H,22,23). The zero-order valence-corrected chi connectivity index (χ0v) is 14.7. The third kappa shape index (κ3) is 5.70. The number of hydrogen-bond donors (Lipinski definition) is 2. The maximum Gasteiger partial charge on any atom is 0.227 e. The molecule has 0 unspecified atom stereocenters. The lowest BCUT2D eigenvalue weighted by molar-refractivity contribution is -0.116. The lowest BCUT2D eigenvalue weighted by atomic mass is 10.1. The van der Waals surface area contributed by atoms with E-state index in [2.05, 4.69) is 23.6 Å². The predicted octanol–water partition coefficient (Wildman–Crippen LogP) is 3.82. The van der Waals surface area contributed by atoms with E-state index in [4.69, 9.17) is 4.74 Å². The van der Waals surface area contributed by atoms with Crippen LogP contribution in [-0.2, 0) is 11.3 Å². The molecule has 0 heterocycles. The Kier molecular flexibility index (Phi) is 6.82. The van der Waals surface area contributed by atoms with E-state index in [-0.39, 0.29) is 5.91 Å². The minimum Gasteiger partial charge on any atom is -0.493 e. The van der Waals surface area contributed by atoms with Gasteiger partial charge >= 0.3 is 0 Å². The van der Waals surface area contributed by atoms with E-state index in [9.17, 15) is 4.79 Å². The number of carbonyl (C=O) groups excluding carboxylic acids is 1. The lowest BCUT2D eigenvalue weighted by Crippen LogP contribution is -2.16. The second kappa shape index (κ2) is 9.08. The molecule has 0 fully saturated rings. The van der Waals surface area contributed by atoms with Crippen LogP contribution in [0, 0.1) is 13.8 Å². The first-order valence-corrected chi connectivity index (χ1v) is 8.38. The van der Waals surface area contributed by atoms with Crippen molar-refractivity contribution in [3.63, 3.8) is 0 Å². The third-order valence-electron chi connectivity index (χ3n) is 3.72. The van der Waals surface area contributed by atoms with E-state index in [0.717, 1.165) is 41.2 Å². The molecule has 0 bridgehead atoms. The van der Waals surface area contributed by atoms with E-state index in [1.165, 1.54) is 0 Å². The van der Waals surface area contributed by atoms with Gasteiger partial charge in [0.25, 0.3) is 0 Å². The number of hydrogen-bond acceptors (Lipinski definition) is 3. The number of carbonyl (C=O) groups is 1. The van der Waals surface area contributed by atoms with Crippen molar-refractivity contribution < 1.29 is 9.53 Å². The van der Waals surface area contributed by atoms with Gasteiger partial charge < -0.3 is 15.4 Å². The fourth-order valence-corrected chi connectivity index (χ4v) is 2.37. The van der Waals surface area contributed by atoms with Gasteiger partial charge in [-0.2, -0.15) is 0 Å². The monoisotopic (exact) mass is 326 g/mol. The van der Waals surface area contributed by atoms with Gasteiger partial charge in [0.2, 0.25) is 5.91 Å². The number of aryl methyl sites for hydroxylation is 2. The predicted molar refractivity (Wildman–Crippen MR) is 98.5 cm³/mol. The highest BCUT2D eigenvalue weighted by Gasteiger charge is 2.05. The molecule has 4 heteroatoms. The second-order valence-electron chi connectivity index (χ2n) is 5.90. The van der Waals surface area contributed by atoms with Gasteiger partial charge in [0.05, 0.1) is 13.0 Å². The molecule has 4 nitrogen and oxygen atoms in total. The average molecular weight is 326 g/mol.